The van der Waals surface area contributed by atoms with E-state index in [0.29, 0.717) is 6.61 Å². The Labute approximate surface area is 111 Å². The van der Waals surface area contributed by atoms with Crippen LogP contribution in [0.25, 0.3) is 6.08 Å². The normalized spacial score (nSPS) is 17.3. The number of rotatable bonds is 2. The summed E-state index contributed by atoms with van der Waals surface area (Å²) >= 11 is 0. The van der Waals surface area contributed by atoms with E-state index in [2.05, 4.69) is 6.07 Å². The second kappa shape index (κ2) is 4.96. The van der Waals surface area contributed by atoms with Crippen LogP contribution in [-0.4, -0.2) is 24.3 Å². The summed E-state index contributed by atoms with van der Waals surface area (Å²) in [5.74, 6) is 0.785. The monoisotopic (exact) mass is 260 g/mol. The van der Waals surface area contributed by atoms with Gasteiger partial charge in [0, 0.05) is 17.2 Å². The first-order valence-electron chi connectivity index (χ1n) is 6.61. The highest BCUT2D eigenvalue weighted by molar-refractivity contribution is 5.87. The zero-order chi connectivity index (χ0) is 13.2. The average Bonchev–Trinajstić information content (AvgIpc) is 2.43. The highest BCUT2D eigenvalue weighted by atomic mass is 16.5. The molecule has 19 heavy (non-hydrogen) atoms. The lowest BCUT2D eigenvalue weighted by molar-refractivity contribution is -0.131. The standard InChI is InChI=1S/C15H16O4/c16-14(17)6-5-12-11-4-2-7-18-13(11)9-10-3-1-8-19-15(10)12/h5-6,9H,1-4,7-8H2,(H,16,17)/b6-5+. The number of carboxylic acid groups (broad SMARTS) is 1. The Bertz CT molecular complexity index is 511. The van der Waals surface area contributed by atoms with E-state index in [1.807, 2.05) is 0 Å². The number of hydrogen-bond acceptors (Lipinski definition) is 3. The Hall–Kier alpha value is -1.97. The van der Waals surface area contributed by atoms with Crippen LogP contribution in [0.15, 0.2) is 12.1 Å². The third-order valence-electron chi connectivity index (χ3n) is 3.52. The molecule has 0 aromatic heterocycles. The first kappa shape index (κ1) is 12.1. The lowest BCUT2D eigenvalue weighted by atomic mass is 9.93. The minimum Gasteiger partial charge on any atom is -0.493 e. The van der Waals surface area contributed by atoms with Gasteiger partial charge in [-0.3, -0.25) is 0 Å². The third-order valence-corrected chi connectivity index (χ3v) is 3.52. The molecule has 2 aliphatic heterocycles. The molecule has 4 heteroatoms. The van der Waals surface area contributed by atoms with E-state index in [1.165, 1.54) is 6.08 Å². The molecule has 0 aliphatic carbocycles. The van der Waals surface area contributed by atoms with E-state index >= 15 is 0 Å². The SMILES string of the molecule is O=C(O)/C=C/c1c2c(cc3c1OCCC3)OCCC2. The van der Waals surface area contributed by atoms with E-state index in [1.54, 1.807) is 6.08 Å². The highest BCUT2D eigenvalue weighted by Crippen LogP contribution is 2.40. The van der Waals surface area contributed by atoms with Gasteiger partial charge in [0.15, 0.2) is 0 Å². The van der Waals surface area contributed by atoms with Crippen molar-refractivity contribution in [1.82, 2.24) is 0 Å². The minimum atomic E-state index is -0.945. The number of carbonyl (C=O) groups is 1. The van der Waals surface area contributed by atoms with Gasteiger partial charge < -0.3 is 14.6 Å². The average molecular weight is 260 g/mol. The van der Waals surface area contributed by atoms with Crippen molar-refractivity contribution in [2.75, 3.05) is 13.2 Å². The molecule has 2 heterocycles. The molecule has 100 valence electrons. The Morgan fingerprint density at radius 2 is 2.00 bits per heavy atom. The Morgan fingerprint density at radius 1 is 1.21 bits per heavy atom. The van der Waals surface area contributed by atoms with Crippen LogP contribution < -0.4 is 9.47 Å². The maximum Gasteiger partial charge on any atom is 0.328 e. The summed E-state index contributed by atoms with van der Waals surface area (Å²) in [6.45, 7) is 1.43. The van der Waals surface area contributed by atoms with Crippen LogP contribution >= 0.6 is 0 Å². The molecular formula is C15H16O4. The van der Waals surface area contributed by atoms with Crippen LogP contribution in [0.2, 0.25) is 0 Å². The molecule has 4 nitrogen and oxygen atoms in total. The van der Waals surface area contributed by atoms with Crippen LogP contribution in [0.3, 0.4) is 0 Å². The molecule has 0 bridgehead atoms. The van der Waals surface area contributed by atoms with Crippen LogP contribution in [0.5, 0.6) is 11.5 Å². The summed E-state index contributed by atoms with van der Waals surface area (Å²) in [5, 5.41) is 8.82. The maximum absolute atomic E-state index is 10.7. The van der Waals surface area contributed by atoms with Crippen LogP contribution in [-0.2, 0) is 17.6 Å². The fraction of sp³-hybridized carbons (Fsp3) is 0.400. The summed E-state index contributed by atoms with van der Waals surface area (Å²) in [5.41, 5.74) is 3.08. The number of benzene rings is 1. The number of hydrogen-bond donors (Lipinski definition) is 1. The second-order valence-electron chi connectivity index (χ2n) is 4.83. The number of ether oxygens (including phenoxy) is 2. The van der Waals surface area contributed by atoms with Crippen LogP contribution in [0.4, 0.5) is 0 Å². The van der Waals surface area contributed by atoms with Crippen molar-refractivity contribution in [3.8, 4) is 11.5 Å². The van der Waals surface area contributed by atoms with E-state index in [4.69, 9.17) is 14.6 Å². The van der Waals surface area contributed by atoms with Gasteiger partial charge >= 0.3 is 5.97 Å². The van der Waals surface area contributed by atoms with Crippen LogP contribution in [0, 0.1) is 0 Å². The molecule has 0 unspecified atom stereocenters. The fourth-order valence-electron chi connectivity index (χ4n) is 2.70. The predicted octanol–water partition coefficient (Wildman–Crippen LogP) is 2.43. The quantitative estimate of drug-likeness (QED) is 0.830. The highest BCUT2D eigenvalue weighted by Gasteiger charge is 2.23. The van der Waals surface area contributed by atoms with Gasteiger partial charge in [-0.1, -0.05) is 0 Å². The predicted molar refractivity (Wildman–Crippen MR) is 70.7 cm³/mol. The van der Waals surface area contributed by atoms with E-state index in [0.717, 1.165) is 60.5 Å². The number of aliphatic carboxylic acids is 1. The molecule has 1 aromatic carbocycles. The molecule has 1 N–H and O–H groups in total. The summed E-state index contributed by atoms with van der Waals surface area (Å²) in [6, 6.07) is 2.06. The fourth-order valence-corrected chi connectivity index (χ4v) is 2.70. The molecule has 0 saturated heterocycles. The zero-order valence-electron chi connectivity index (χ0n) is 10.6. The summed E-state index contributed by atoms with van der Waals surface area (Å²) in [7, 11) is 0. The zero-order valence-corrected chi connectivity index (χ0v) is 10.6. The van der Waals surface area contributed by atoms with Gasteiger partial charge in [-0.25, -0.2) is 4.79 Å². The number of carboxylic acids is 1. The van der Waals surface area contributed by atoms with Crippen LogP contribution in [0.1, 0.15) is 29.5 Å². The Kier molecular flexibility index (Phi) is 3.15. The third kappa shape index (κ3) is 2.30. The molecule has 0 radical (unpaired) electrons. The van der Waals surface area contributed by atoms with Crippen molar-refractivity contribution in [3.63, 3.8) is 0 Å². The number of fused-ring (bicyclic) bond motifs is 2. The van der Waals surface area contributed by atoms with Gasteiger partial charge in [-0.05, 0) is 43.4 Å². The largest absolute Gasteiger partial charge is 0.493 e. The topological polar surface area (TPSA) is 55.8 Å². The number of aryl methyl sites for hydroxylation is 1. The van der Waals surface area contributed by atoms with Gasteiger partial charge in [-0.15, -0.1) is 0 Å². The van der Waals surface area contributed by atoms with E-state index in [-0.39, 0.29) is 0 Å². The smallest absolute Gasteiger partial charge is 0.328 e. The van der Waals surface area contributed by atoms with Crippen molar-refractivity contribution in [1.29, 1.82) is 0 Å². The summed E-state index contributed by atoms with van der Waals surface area (Å²) in [4.78, 5) is 10.7. The molecule has 0 saturated carbocycles. The second-order valence-corrected chi connectivity index (χ2v) is 4.83. The Balaban J connectivity index is 2.14. The first-order valence-corrected chi connectivity index (χ1v) is 6.61. The van der Waals surface area contributed by atoms with Gasteiger partial charge in [0.1, 0.15) is 11.5 Å². The molecule has 0 atom stereocenters. The minimum absolute atomic E-state index is 0.695. The van der Waals surface area contributed by atoms with E-state index in [9.17, 15) is 4.79 Å². The van der Waals surface area contributed by atoms with Crippen molar-refractivity contribution < 1.29 is 19.4 Å². The molecule has 0 fully saturated rings. The lowest BCUT2D eigenvalue weighted by Gasteiger charge is -2.26. The molecule has 3 rings (SSSR count). The molecule has 1 aromatic rings. The maximum atomic E-state index is 10.7. The van der Waals surface area contributed by atoms with Crippen molar-refractivity contribution >= 4 is 12.0 Å². The first-order chi connectivity index (χ1) is 9.25. The van der Waals surface area contributed by atoms with Gasteiger partial charge in [0.25, 0.3) is 0 Å². The van der Waals surface area contributed by atoms with E-state index < -0.39 is 5.97 Å². The molecule has 0 amide bonds. The lowest BCUT2D eigenvalue weighted by Crippen LogP contribution is -2.15. The van der Waals surface area contributed by atoms with Crippen molar-refractivity contribution in [3.05, 3.63) is 28.8 Å². The van der Waals surface area contributed by atoms with Crippen molar-refractivity contribution in [2.45, 2.75) is 25.7 Å². The summed E-state index contributed by atoms with van der Waals surface area (Å²) in [6.07, 6.45) is 6.63. The molecular weight excluding hydrogens is 244 g/mol. The molecule has 2 aliphatic rings. The van der Waals surface area contributed by atoms with Crippen molar-refractivity contribution in [2.24, 2.45) is 0 Å². The van der Waals surface area contributed by atoms with Gasteiger partial charge in [-0.2, -0.15) is 0 Å². The van der Waals surface area contributed by atoms with Gasteiger partial charge in [0.05, 0.1) is 13.2 Å². The van der Waals surface area contributed by atoms with Gasteiger partial charge in [0.2, 0.25) is 0 Å². The Morgan fingerprint density at radius 3 is 2.84 bits per heavy atom. The molecule has 0 spiro atoms. The summed E-state index contributed by atoms with van der Waals surface area (Å²) < 4.78 is 11.5.